The maximum Gasteiger partial charge on any atom is 0.416 e. The molecule has 3 heterocycles. The molecule has 1 fully saturated rings. The summed E-state index contributed by atoms with van der Waals surface area (Å²) in [6, 6.07) is 13.7. The first-order valence-electron chi connectivity index (χ1n) is 10.8. The van der Waals surface area contributed by atoms with Crippen molar-refractivity contribution in [3.8, 4) is 0 Å². The molecule has 2 aromatic carbocycles. The molecule has 8 nitrogen and oxygen atoms in total. The fraction of sp³-hybridized carbons (Fsp3) is 0.250. The van der Waals surface area contributed by atoms with Crippen LogP contribution in [0.2, 0.25) is 0 Å². The van der Waals surface area contributed by atoms with Crippen LogP contribution in [-0.2, 0) is 10.9 Å². The second-order valence-corrected chi connectivity index (χ2v) is 8.37. The second-order valence-electron chi connectivity index (χ2n) is 8.37. The smallest absolute Gasteiger partial charge is 0.416 e. The lowest BCUT2D eigenvalue weighted by molar-refractivity contribution is -0.384. The van der Waals surface area contributed by atoms with E-state index in [4.69, 9.17) is 4.74 Å². The van der Waals surface area contributed by atoms with Crippen molar-refractivity contribution in [3.63, 3.8) is 0 Å². The van der Waals surface area contributed by atoms with Crippen molar-refractivity contribution in [1.29, 1.82) is 0 Å². The number of benzene rings is 2. The lowest BCUT2D eigenvalue weighted by Crippen LogP contribution is -2.44. The maximum atomic E-state index is 13.0. The Morgan fingerprint density at radius 2 is 1.77 bits per heavy atom. The number of nitrogens with zero attached hydrogens (tertiary/aromatic N) is 4. The molecule has 0 saturated carbocycles. The molecule has 2 atom stereocenters. The fourth-order valence-electron chi connectivity index (χ4n) is 4.53. The van der Waals surface area contributed by atoms with Crippen LogP contribution >= 0.6 is 0 Å². The van der Waals surface area contributed by atoms with E-state index >= 15 is 0 Å². The van der Waals surface area contributed by atoms with Crippen molar-refractivity contribution >= 4 is 28.8 Å². The Kier molecular flexibility index (Phi) is 5.54. The number of carbonyl (C=O) groups excluding carboxylic acids is 1. The van der Waals surface area contributed by atoms with Gasteiger partial charge in [0.25, 0.3) is 5.69 Å². The zero-order valence-electron chi connectivity index (χ0n) is 18.2. The van der Waals surface area contributed by atoms with Gasteiger partial charge in [-0.1, -0.05) is 0 Å². The first-order valence-corrected chi connectivity index (χ1v) is 10.8. The Morgan fingerprint density at radius 1 is 1.06 bits per heavy atom. The number of esters is 1. The van der Waals surface area contributed by atoms with Gasteiger partial charge < -0.3 is 14.5 Å². The van der Waals surface area contributed by atoms with Gasteiger partial charge in [0.05, 0.1) is 34.3 Å². The van der Waals surface area contributed by atoms with Crippen molar-refractivity contribution in [1.82, 2.24) is 4.98 Å². The number of pyridine rings is 1. The Balaban J connectivity index is 1.34. The summed E-state index contributed by atoms with van der Waals surface area (Å²) in [7, 11) is 0. The minimum Gasteiger partial charge on any atom is -0.457 e. The normalized spacial score (nSPS) is 19.2. The minimum atomic E-state index is -4.41. The largest absolute Gasteiger partial charge is 0.457 e. The zero-order chi connectivity index (χ0) is 24.7. The molecule has 3 aromatic rings. The lowest BCUT2D eigenvalue weighted by Gasteiger charge is -2.40. The summed E-state index contributed by atoms with van der Waals surface area (Å²) < 4.78 is 44.7. The molecule has 0 bridgehead atoms. The number of hydrogen-bond donors (Lipinski definition) is 0. The van der Waals surface area contributed by atoms with E-state index in [1.165, 1.54) is 36.4 Å². The lowest BCUT2D eigenvalue weighted by atomic mass is 10.1. The third kappa shape index (κ3) is 4.36. The summed E-state index contributed by atoms with van der Waals surface area (Å²) >= 11 is 0. The minimum absolute atomic E-state index is 0.0747. The monoisotopic (exact) mass is 484 g/mol. The van der Waals surface area contributed by atoms with Crippen LogP contribution in [0.3, 0.4) is 0 Å². The third-order valence-electron chi connectivity index (χ3n) is 6.19. The Labute approximate surface area is 197 Å². The van der Waals surface area contributed by atoms with Crippen LogP contribution in [0.1, 0.15) is 22.3 Å². The van der Waals surface area contributed by atoms with Crippen LogP contribution in [0.5, 0.6) is 0 Å². The Bertz CT molecular complexity index is 1270. The highest BCUT2D eigenvalue weighted by atomic mass is 19.4. The molecule has 2 aliphatic heterocycles. The summed E-state index contributed by atoms with van der Waals surface area (Å²) in [5, 5.41) is 10.8. The van der Waals surface area contributed by atoms with Gasteiger partial charge in [-0.15, -0.1) is 0 Å². The van der Waals surface area contributed by atoms with Gasteiger partial charge in [-0.05, 0) is 48.5 Å². The molecule has 0 N–H and O–H groups in total. The van der Waals surface area contributed by atoms with Crippen molar-refractivity contribution in [2.45, 2.75) is 24.7 Å². The second kappa shape index (κ2) is 8.57. The zero-order valence-corrected chi connectivity index (χ0v) is 18.2. The summed E-state index contributed by atoms with van der Waals surface area (Å²) in [6.07, 6.45) is -2.71. The molecular formula is C24H19F3N4O4. The summed E-state index contributed by atoms with van der Waals surface area (Å²) in [5.41, 5.74) is 0.741. The van der Waals surface area contributed by atoms with E-state index < -0.39 is 28.7 Å². The number of rotatable bonds is 4. The van der Waals surface area contributed by atoms with E-state index in [-0.39, 0.29) is 17.3 Å². The Morgan fingerprint density at radius 3 is 2.43 bits per heavy atom. The predicted molar refractivity (Wildman–Crippen MR) is 121 cm³/mol. The van der Waals surface area contributed by atoms with Crippen LogP contribution in [0, 0.1) is 10.1 Å². The van der Waals surface area contributed by atoms with Crippen molar-refractivity contribution in [2.24, 2.45) is 0 Å². The van der Waals surface area contributed by atoms with E-state index in [2.05, 4.69) is 4.98 Å². The van der Waals surface area contributed by atoms with Crippen LogP contribution in [0.4, 0.5) is 36.1 Å². The number of carbonyl (C=O) groups is 1. The van der Waals surface area contributed by atoms with Crippen LogP contribution in [0.15, 0.2) is 66.9 Å². The molecule has 0 amide bonds. The van der Waals surface area contributed by atoms with Gasteiger partial charge >= 0.3 is 12.1 Å². The highest BCUT2D eigenvalue weighted by Gasteiger charge is 2.41. The average Bonchev–Trinajstić information content (AvgIpc) is 3.25. The fourth-order valence-corrected chi connectivity index (χ4v) is 4.53. The van der Waals surface area contributed by atoms with Crippen molar-refractivity contribution < 1.29 is 27.6 Å². The molecule has 1 saturated heterocycles. The van der Waals surface area contributed by atoms with Crippen molar-refractivity contribution in [3.05, 3.63) is 88.1 Å². The molecule has 0 spiro atoms. The molecule has 1 aromatic heterocycles. The number of aromatic nitrogens is 1. The summed E-state index contributed by atoms with van der Waals surface area (Å²) in [5.74, 6) is 0.0862. The van der Waals surface area contributed by atoms with E-state index in [0.29, 0.717) is 31.0 Å². The van der Waals surface area contributed by atoms with Gasteiger partial charge in [-0.2, -0.15) is 13.2 Å². The van der Waals surface area contributed by atoms with E-state index in [9.17, 15) is 28.1 Å². The molecule has 11 heteroatoms. The number of halogens is 3. The van der Waals surface area contributed by atoms with Gasteiger partial charge in [-0.3, -0.25) is 10.1 Å². The number of non-ortho nitro benzene ring substituents is 1. The number of fused-ring (bicyclic) bond motifs is 3. The van der Waals surface area contributed by atoms with Gasteiger partial charge in [0, 0.05) is 37.0 Å². The van der Waals surface area contributed by atoms with Crippen LogP contribution in [0.25, 0.3) is 0 Å². The molecule has 35 heavy (non-hydrogen) atoms. The Hall–Kier alpha value is -4.15. The number of alkyl halides is 3. The molecule has 0 aliphatic carbocycles. The van der Waals surface area contributed by atoms with Gasteiger partial charge in [0.15, 0.2) is 5.82 Å². The first kappa shape index (κ1) is 22.6. The van der Waals surface area contributed by atoms with Gasteiger partial charge in [0.2, 0.25) is 0 Å². The van der Waals surface area contributed by atoms with E-state index in [1.807, 2.05) is 15.9 Å². The summed E-state index contributed by atoms with van der Waals surface area (Å²) in [6.45, 7) is 0.893. The van der Waals surface area contributed by atoms with Gasteiger partial charge in [0.1, 0.15) is 6.10 Å². The number of nitro benzene ring substituents is 1. The molecule has 0 unspecified atom stereocenters. The molecular weight excluding hydrogens is 465 g/mol. The van der Waals surface area contributed by atoms with Crippen molar-refractivity contribution in [2.75, 3.05) is 22.9 Å². The average molecular weight is 484 g/mol. The van der Waals surface area contributed by atoms with E-state index in [0.717, 1.165) is 17.8 Å². The van der Waals surface area contributed by atoms with E-state index in [1.54, 1.807) is 12.3 Å². The standard InChI is InChI=1S/C24H19F3N4O4/c25-24(26,27)16-5-9-17(10-6-16)29-13-19-12-20(14-30(19)22-21(29)2-1-11-28-22)35-23(32)15-3-7-18(8-4-15)31(33)34/h1-11,19-20H,12-14H2/t19-,20-/m1/s1. The third-order valence-corrected chi connectivity index (χ3v) is 6.19. The van der Waals surface area contributed by atoms with Crippen LogP contribution < -0.4 is 9.80 Å². The number of hydrogen-bond acceptors (Lipinski definition) is 7. The molecule has 0 radical (unpaired) electrons. The highest BCUT2D eigenvalue weighted by molar-refractivity contribution is 5.90. The number of anilines is 3. The SMILES string of the molecule is O=C(O[C@@H]1C[C@@H]2CN(c3ccc(C(F)(F)F)cc3)c3cccnc3N2C1)c1ccc([N+](=O)[O-])cc1. The molecule has 180 valence electrons. The quantitative estimate of drug-likeness (QED) is 0.294. The topological polar surface area (TPSA) is 88.8 Å². The predicted octanol–water partition coefficient (Wildman–Crippen LogP) is 4.96. The summed E-state index contributed by atoms with van der Waals surface area (Å²) in [4.78, 5) is 31.3. The van der Waals surface area contributed by atoms with Crippen LogP contribution in [-0.4, -0.2) is 41.1 Å². The number of ether oxygens (including phenoxy) is 1. The molecule has 2 aliphatic rings. The number of nitro groups is 1. The maximum absolute atomic E-state index is 13.0. The first-order chi connectivity index (χ1) is 16.7. The molecule has 5 rings (SSSR count). The highest BCUT2D eigenvalue weighted by Crippen LogP contribution is 2.42. The van der Waals surface area contributed by atoms with Gasteiger partial charge in [-0.25, -0.2) is 9.78 Å².